The molecule has 2 atom stereocenters. The first-order valence-corrected chi connectivity index (χ1v) is 26.4. The van der Waals surface area contributed by atoms with Crippen LogP contribution in [0, 0.1) is 39.5 Å². The van der Waals surface area contributed by atoms with Crippen molar-refractivity contribution in [3.8, 4) is 11.5 Å². The van der Waals surface area contributed by atoms with E-state index in [4.69, 9.17) is 24.1 Å². The van der Waals surface area contributed by atoms with Crippen LogP contribution >= 0.6 is 12.4 Å². The molecule has 2 aromatic carbocycles. The summed E-state index contributed by atoms with van der Waals surface area (Å²) in [6.07, 6.45) is 9.62. The van der Waals surface area contributed by atoms with Crippen LogP contribution in [-0.2, 0) is 39.1 Å². The first-order valence-electron chi connectivity index (χ1n) is 23.5. The Morgan fingerprint density at radius 2 is 1.07 bits per heavy atom. The van der Waals surface area contributed by atoms with Crippen LogP contribution in [0.15, 0.2) is 83.1 Å². The molecule has 22 heteroatoms. The minimum atomic E-state index is -3.69. The summed E-state index contributed by atoms with van der Waals surface area (Å²) in [4.78, 5) is 37.9. The lowest BCUT2D eigenvalue weighted by molar-refractivity contribution is -0.142. The average molecular weight is 1060 g/mol. The van der Waals surface area contributed by atoms with Crippen molar-refractivity contribution in [2.45, 2.75) is 50.3 Å². The zero-order valence-electron chi connectivity index (χ0n) is 43.4. The molecule has 2 fully saturated rings. The Hall–Kier alpha value is -5.13. The van der Waals surface area contributed by atoms with Crippen LogP contribution in [0.3, 0.4) is 0 Å². The highest BCUT2D eigenvalue weighted by molar-refractivity contribution is 7.89. The second kappa shape index (κ2) is 29.5. The molecule has 19 nitrogen and oxygen atoms in total. The van der Waals surface area contributed by atoms with E-state index >= 15 is 0 Å². The van der Waals surface area contributed by atoms with E-state index in [1.54, 1.807) is 83.4 Å². The maximum atomic E-state index is 13.1. The van der Waals surface area contributed by atoms with Crippen LogP contribution < -0.4 is 24.6 Å². The summed E-state index contributed by atoms with van der Waals surface area (Å²) in [5, 5.41) is 11.7. The summed E-state index contributed by atoms with van der Waals surface area (Å²) >= 11 is 0. The van der Waals surface area contributed by atoms with E-state index in [-0.39, 0.29) is 61.0 Å². The number of methoxy groups -OCH3 is 2. The molecule has 0 spiro atoms. The molecule has 1 amide bonds. The number of aryl methyl sites for hydroxylation is 4. The van der Waals surface area contributed by atoms with Crippen LogP contribution in [0.2, 0.25) is 0 Å². The summed E-state index contributed by atoms with van der Waals surface area (Å²) < 4.78 is 74.5. The highest BCUT2D eigenvalue weighted by Gasteiger charge is 2.28. The molecule has 0 saturated carbocycles. The standard InChI is InChI=1S/C25H36N4O5S.C14H21NO6S.C11H17N3.ClH/c1-19-14-23(33-5)15-20(2)25(19)35(31,32)28(4)12-13-34-18-24(30)27(3)16-21-8-11-29(17-21)22-6-9-26-10-7-22;1-10-7-12(20-4)8-11(2)14(10)22(18,19)15(3)5-6-21-9-13(16)17;1-12-8-10-4-7-14(9-10)11-2-5-13-6-3-11;/h6-7,9-10,14-15,21H,8,11-13,16-18H2,1-5H3;7-8H,5-6,9H2,1-4H3,(H,16,17);2-3,5-6,10,12H,4,7-9H2,1H3;1H. The molecule has 0 radical (unpaired) electrons. The topological polar surface area (TPSA) is 214 Å². The third-order valence-electron chi connectivity index (χ3n) is 12.3. The quantitative estimate of drug-likeness (QED) is 0.100. The third kappa shape index (κ3) is 17.8. The van der Waals surface area contributed by atoms with Crippen molar-refractivity contribution >= 4 is 55.7 Å². The molecule has 6 rings (SSSR count). The third-order valence-corrected chi connectivity index (χ3v) is 16.6. The van der Waals surface area contributed by atoms with Gasteiger partial charge >= 0.3 is 5.97 Å². The number of aromatic nitrogens is 2. The number of carboxylic acid groups (broad SMARTS) is 1. The van der Waals surface area contributed by atoms with E-state index < -0.39 is 32.6 Å². The number of benzene rings is 2. The molecule has 400 valence electrons. The number of ether oxygens (including phenoxy) is 4. The van der Waals surface area contributed by atoms with Crippen LogP contribution in [0.25, 0.3) is 0 Å². The first kappa shape index (κ1) is 61.2. The number of nitrogens with one attached hydrogen (secondary N) is 1. The monoisotopic (exact) mass is 1060 g/mol. The van der Waals surface area contributed by atoms with Crippen molar-refractivity contribution in [3.05, 3.63) is 95.6 Å². The van der Waals surface area contributed by atoms with Crippen LogP contribution in [0.5, 0.6) is 11.5 Å². The van der Waals surface area contributed by atoms with E-state index in [9.17, 15) is 26.4 Å². The fourth-order valence-corrected chi connectivity index (χ4v) is 11.7. The SMILES string of the molecule is CNCC1CCN(c2ccncc2)C1.COc1cc(C)c(S(=O)(=O)N(C)CCOCC(=O)N(C)CC2CCN(c3ccncc3)C2)c(C)c1.COc1cc(C)c(S(=O)(=O)N(C)CCOCC(=O)O)c(C)c1.Cl. The number of likely N-dealkylation sites (N-methyl/N-ethyl adjacent to an activating group) is 3. The highest BCUT2D eigenvalue weighted by Crippen LogP contribution is 2.30. The smallest absolute Gasteiger partial charge is 0.329 e. The van der Waals surface area contributed by atoms with Gasteiger partial charge in [-0.15, -0.1) is 12.4 Å². The van der Waals surface area contributed by atoms with Gasteiger partial charge < -0.3 is 44.1 Å². The summed E-state index contributed by atoms with van der Waals surface area (Å²) in [5.74, 6) is 1.21. The molecule has 2 aliphatic heterocycles. The van der Waals surface area contributed by atoms with Crippen LogP contribution in [0.1, 0.15) is 35.1 Å². The van der Waals surface area contributed by atoms with Gasteiger partial charge in [0.1, 0.15) is 24.7 Å². The minimum absolute atomic E-state index is 0. The number of hydrogen-bond acceptors (Lipinski definition) is 15. The Balaban J connectivity index is 0.000000314. The van der Waals surface area contributed by atoms with Gasteiger partial charge in [0.05, 0.1) is 37.2 Å². The van der Waals surface area contributed by atoms with Gasteiger partial charge in [-0.3, -0.25) is 14.8 Å². The van der Waals surface area contributed by atoms with Gasteiger partial charge in [0.15, 0.2) is 0 Å². The number of amides is 1. The Morgan fingerprint density at radius 1 is 0.681 bits per heavy atom. The van der Waals surface area contributed by atoms with Crippen LogP contribution in [0.4, 0.5) is 11.4 Å². The van der Waals surface area contributed by atoms with Crippen molar-refractivity contribution in [2.24, 2.45) is 11.8 Å². The van der Waals surface area contributed by atoms with Gasteiger partial charge in [-0.1, -0.05) is 0 Å². The molecule has 2 aromatic heterocycles. The van der Waals surface area contributed by atoms with Crippen molar-refractivity contribution < 1.29 is 50.5 Å². The molecule has 0 aliphatic carbocycles. The number of carboxylic acids is 1. The van der Waals surface area contributed by atoms with Crippen LogP contribution in [-0.4, -0.2) is 178 Å². The van der Waals surface area contributed by atoms with E-state index in [0.717, 1.165) is 42.0 Å². The van der Waals surface area contributed by atoms with E-state index in [1.807, 2.05) is 31.6 Å². The number of carbonyl (C=O) groups excluding carboxylic acids is 1. The van der Waals surface area contributed by atoms with Crippen molar-refractivity contribution in [1.29, 1.82) is 0 Å². The molecular formula is C50H75ClN8O11S2. The lowest BCUT2D eigenvalue weighted by Gasteiger charge is -2.23. The molecule has 2 N–H and O–H groups in total. The highest BCUT2D eigenvalue weighted by atomic mass is 35.5. The number of sulfonamides is 2. The summed E-state index contributed by atoms with van der Waals surface area (Å²) in [6, 6.07) is 14.9. The molecule has 4 aromatic rings. The molecule has 2 unspecified atom stereocenters. The zero-order valence-corrected chi connectivity index (χ0v) is 45.8. The number of anilines is 2. The molecule has 2 saturated heterocycles. The maximum absolute atomic E-state index is 13.1. The second-order valence-corrected chi connectivity index (χ2v) is 21.7. The largest absolute Gasteiger partial charge is 0.497 e. The maximum Gasteiger partial charge on any atom is 0.329 e. The normalized spacial score (nSPS) is 15.6. The van der Waals surface area contributed by atoms with Crippen molar-refractivity contribution in [3.63, 3.8) is 0 Å². The van der Waals surface area contributed by atoms with Crippen molar-refractivity contribution in [1.82, 2.24) is 28.8 Å². The van der Waals surface area contributed by atoms with E-state index in [1.165, 1.54) is 50.7 Å². The number of nitrogens with zero attached hydrogens (tertiary/aromatic N) is 7. The second-order valence-electron chi connectivity index (χ2n) is 17.8. The van der Waals surface area contributed by atoms with E-state index in [0.29, 0.717) is 46.2 Å². The fourth-order valence-electron chi connectivity index (χ4n) is 8.58. The molecular weight excluding hydrogens is 988 g/mol. The fraction of sp³-hybridized carbons (Fsp3) is 0.520. The predicted molar refractivity (Wildman–Crippen MR) is 282 cm³/mol. The number of aliphatic carboxylic acids is 1. The Kier molecular flexibility index (Phi) is 25.1. The molecule has 0 bridgehead atoms. The Morgan fingerprint density at radius 3 is 1.46 bits per heavy atom. The number of halogens is 1. The summed E-state index contributed by atoms with van der Waals surface area (Å²) in [6.45, 7) is 12.7. The van der Waals surface area contributed by atoms with Gasteiger partial charge in [0.25, 0.3) is 0 Å². The molecule has 4 heterocycles. The number of carbonyl (C=O) groups is 2. The average Bonchev–Trinajstić information content (AvgIpc) is 4.02. The first-order chi connectivity index (χ1) is 33.7. The number of hydrogen-bond donors (Lipinski definition) is 2. The summed E-state index contributed by atoms with van der Waals surface area (Å²) in [7, 11) is 2.46. The van der Waals surface area contributed by atoms with Gasteiger partial charge in [0, 0.05) is 103 Å². The Labute approximate surface area is 433 Å². The minimum Gasteiger partial charge on any atom is -0.497 e. The molecule has 2 aliphatic rings. The van der Waals surface area contributed by atoms with Gasteiger partial charge in [-0.2, -0.15) is 8.61 Å². The Bertz CT molecular complexity index is 2500. The lowest BCUT2D eigenvalue weighted by atomic mass is 10.1. The molecule has 72 heavy (non-hydrogen) atoms. The van der Waals surface area contributed by atoms with Gasteiger partial charge in [-0.05, 0) is 137 Å². The predicted octanol–water partition coefficient (Wildman–Crippen LogP) is 4.91. The number of rotatable bonds is 22. The lowest BCUT2D eigenvalue weighted by Crippen LogP contribution is -2.36. The number of pyridine rings is 2. The van der Waals surface area contributed by atoms with E-state index in [2.05, 4.69) is 37.2 Å². The zero-order chi connectivity index (χ0) is 52.3. The van der Waals surface area contributed by atoms with Crippen molar-refractivity contribution in [2.75, 3.05) is 131 Å². The van der Waals surface area contributed by atoms with Gasteiger partial charge in [0.2, 0.25) is 26.0 Å². The summed E-state index contributed by atoms with van der Waals surface area (Å²) in [5.41, 5.74) is 4.89. The van der Waals surface area contributed by atoms with Gasteiger partial charge in [-0.25, -0.2) is 21.6 Å².